The molecule has 1 fully saturated rings. The Hall–Kier alpha value is -2.85. The number of quaternary nitrogens is 1. The fourth-order valence-electron chi connectivity index (χ4n) is 3.74. The van der Waals surface area contributed by atoms with Gasteiger partial charge in [0.25, 0.3) is 5.91 Å². The van der Waals surface area contributed by atoms with Crippen molar-refractivity contribution < 1.29 is 14.4 Å². The maximum absolute atomic E-state index is 12.9. The zero-order valence-corrected chi connectivity index (χ0v) is 15.7. The van der Waals surface area contributed by atoms with Gasteiger partial charge < -0.3 is 14.5 Å². The van der Waals surface area contributed by atoms with E-state index in [1.54, 1.807) is 7.11 Å². The third-order valence-corrected chi connectivity index (χ3v) is 5.37. The topological polar surface area (TPSA) is 34.0 Å². The minimum absolute atomic E-state index is 0.143. The van der Waals surface area contributed by atoms with E-state index in [1.165, 1.54) is 15.8 Å². The summed E-state index contributed by atoms with van der Waals surface area (Å²) in [6.45, 7) is 4.55. The van der Waals surface area contributed by atoms with Crippen LogP contribution in [0.1, 0.15) is 15.9 Å². The third kappa shape index (κ3) is 3.96. The monoisotopic (exact) mass is 361 g/mol. The minimum atomic E-state index is 0.143. The summed E-state index contributed by atoms with van der Waals surface area (Å²) in [7, 11) is 1.69. The molecule has 1 heterocycles. The lowest BCUT2D eigenvalue weighted by Gasteiger charge is -2.32. The number of nitrogens with one attached hydrogen (secondary N) is 1. The first kappa shape index (κ1) is 17.6. The Morgan fingerprint density at radius 3 is 2.37 bits per heavy atom. The predicted molar refractivity (Wildman–Crippen MR) is 107 cm³/mol. The molecule has 1 aliphatic rings. The second-order valence-corrected chi connectivity index (χ2v) is 7.13. The minimum Gasteiger partial charge on any atom is -0.497 e. The van der Waals surface area contributed by atoms with Crippen molar-refractivity contribution in [2.24, 2.45) is 0 Å². The van der Waals surface area contributed by atoms with Crippen LogP contribution in [0.5, 0.6) is 5.75 Å². The Kier molecular flexibility index (Phi) is 5.07. The number of amides is 1. The highest BCUT2D eigenvalue weighted by Crippen LogP contribution is 2.17. The van der Waals surface area contributed by atoms with Crippen LogP contribution in [0.15, 0.2) is 66.7 Å². The van der Waals surface area contributed by atoms with Crippen molar-refractivity contribution in [2.75, 3.05) is 33.3 Å². The molecule has 138 valence electrons. The summed E-state index contributed by atoms with van der Waals surface area (Å²) in [6.07, 6.45) is 0. The molecule has 0 atom stereocenters. The van der Waals surface area contributed by atoms with Crippen molar-refractivity contribution >= 4 is 16.7 Å². The average molecular weight is 361 g/mol. The van der Waals surface area contributed by atoms with E-state index in [9.17, 15) is 4.79 Å². The summed E-state index contributed by atoms with van der Waals surface area (Å²) in [5.41, 5.74) is 2.09. The number of nitrogens with zero attached hydrogens (tertiary/aromatic N) is 1. The molecule has 27 heavy (non-hydrogen) atoms. The standard InChI is InChI=1S/C23H24N2O2/c1-27-22-10-6-18(7-11-22)17-24-12-14-25(15-13-24)23(26)21-9-8-19-4-2-3-5-20(19)16-21/h2-11,16H,12-15,17H2,1H3/p+1. The normalized spacial score (nSPS) is 15.1. The molecule has 4 rings (SSSR count). The molecule has 0 bridgehead atoms. The molecule has 0 aliphatic carbocycles. The van der Waals surface area contributed by atoms with Gasteiger partial charge in [0, 0.05) is 11.1 Å². The van der Waals surface area contributed by atoms with Gasteiger partial charge in [-0.15, -0.1) is 0 Å². The van der Waals surface area contributed by atoms with E-state index in [1.807, 2.05) is 47.4 Å². The van der Waals surface area contributed by atoms with Crippen LogP contribution in [0.3, 0.4) is 0 Å². The molecule has 3 aromatic rings. The SMILES string of the molecule is COc1ccc(C[NH+]2CCN(C(=O)c3ccc4ccccc4c3)CC2)cc1. The zero-order valence-electron chi connectivity index (χ0n) is 15.7. The van der Waals surface area contributed by atoms with E-state index in [2.05, 4.69) is 24.3 Å². The molecular weight excluding hydrogens is 336 g/mol. The van der Waals surface area contributed by atoms with Crippen LogP contribution in [0.25, 0.3) is 10.8 Å². The highest BCUT2D eigenvalue weighted by Gasteiger charge is 2.24. The largest absolute Gasteiger partial charge is 0.497 e. The summed E-state index contributed by atoms with van der Waals surface area (Å²) in [5, 5.41) is 2.29. The Bertz CT molecular complexity index is 929. The van der Waals surface area contributed by atoms with Crippen LogP contribution in [0.2, 0.25) is 0 Å². The molecule has 0 saturated carbocycles. The van der Waals surface area contributed by atoms with Crippen molar-refractivity contribution in [2.45, 2.75) is 6.54 Å². The zero-order chi connectivity index (χ0) is 18.6. The summed E-state index contributed by atoms with van der Waals surface area (Å²) in [4.78, 5) is 16.4. The van der Waals surface area contributed by atoms with Crippen LogP contribution in [0.4, 0.5) is 0 Å². The van der Waals surface area contributed by atoms with Crippen LogP contribution < -0.4 is 9.64 Å². The Morgan fingerprint density at radius 2 is 1.67 bits per heavy atom. The molecule has 1 aliphatic heterocycles. The summed E-state index contributed by atoms with van der Waals surface area (Å²) in [6, 6.07) is 22.4. The van der Waals surface area contributed by atoms with E-state index < -0.39 is 0 Å². The van der Waals surface area contributed by atoms with Gasteiger partial charge in [-0.25, -0.2) is 0 Å². The highest BCUT2D eigenvalue weighted by atomic mass is 16.5. The predicted octanol–water partition coefficient (Wildman–Crippen LogP) is 2.39. The van der Waals surface area contributed by atoms with Gasteiger partial charge in [0.05, 0.1) is 33.3 Å². The molecule has 1 N–H and O–H groups in total. The molecule has 4 nitrogen and oxygen atoms in total. The first-order valence-electron chi connectivity index (χ1n) is 9.47. The number of hydrogen-bond acceptors (Lipinski definition) is 2. The van der Waals surface area contributed by atoms with E-state index in [0.717, 1.165) is 49.4 Å². The maximum Gasteiger partial charge on any atom is 0.254 e. The number of carbonyl (C=O) groups is 1. The number of benzene rings is 3. The lowest BCUT2D eigenvalue weighted by molar-refractivity contribution is -0.917. The van der Waals surface area contributed by atoms with Crippen molar-refractivity contribution in [3.05, 3.63) is 77.9 Å². The molecule has 1 amide bonds. The van der Waals surface area contributed by atoms with Gasteiger partial charge in [0.1, 0.15) is 12.3 Å². The second kappa shape index (κ2) is 7.80. The molecule has 0 spiro atoms. The van der Waals surface area contributed by atoms with E-state index in [-0.39, 0.29) is 5.91 Å². The van der Waals surface area contributed by atoms with Crippen molar-refractivity contribution in [3.8, 4) is 5.75 Å². The van der Waals surface area contributed by atoms with Crippen molar-refractivity contribution in [1.82, 2.24) is 4.90 Å². The fraction of sp³-hybridized carbons (Fsp3) is 0.261. The van der Waals surface area contributed by atoms with Crippen molar-refractivity contribution in [1.29, 1.82) is 0 Å². The number of rotatable bonds is 4. The van der Waals surface area contributed by atoms with Gasteiger partial charge in [-0.3, -0.25) is 4.79 Å². The molecular formula is C23H25N2O2+. The van der Waals surface area contributed by atoms with Gasteiger partial charge in [0.15, 0.2) is 0 Å². The van der Waals surface area contributed by atoms with Gasteiger partial charge >= 0.3 is 0 Å². The molecule has 0 radical (unpaired) electrons. The lowest BCUT2D eigenvalue weighted by atomic mass is 10.1. The summed E-state index contributed by atoms with van der Waals surface area (Å²) in [5.74, 6) is 1.03. The number of fused-ring (bicyclic) bond motifs is 1. The van der Waals surface area contributed by atoms with Crippen molar-refractivity contribution in [3.63, 3.8) is 0 Å². The summed E-state index contributed by atoms with van der Waals surface area (Å²) >= 11 is 0. The molecule has 0 unspecified atom stereocenters. The van der Waals surface area contributed by atoms with Gasteiger partial charge in [-0.05, 0) is 47.2 Å². The average Bonchev–Trinajstić information content (AvgIpc) is 2.74. The highest BCUT2D eigenvalue weighted by molar-refractivity contribution is 5.98. The second-order valence-electron chi connectivity index (χ2n) is 7.13. The number of methoxy groups -OCH3 is 1. The summed E-state index contributed by atoms with van der Waals surface area (Å²) < 4.78 is 5.22. The van der Waals surface area contributed by atoms with E-state index >= 15 is 0 Å². The quantitative estimate of drug-likeness (QED) is 0.774. The lowest BCUT2D eigenvalue weighted by Crippen LogP contribution is -3.13. The molecule has 4 heteroatoms. The molecule has 0 aromatic heterocycles. The van der Waals surface area contributed by atoms with Crippen LogP contribution >= 0.6 is 0 Å². The molecule has 1 saturated heterocycles. The third-order valence-electron chi connectivity index (χ3n) is 5.37. The Morgan fingerprint density at radius 1 is 0.963 bits per heavy atom. The number of piperazine rings is 1. The Labute approximate surface area is 160 Å². The molecule has 3 aromatic carbocycles. The maximum atomic E-state index is 12.9. The van der Waals surface area contributed by atoms with Gasteiger partial charge in [0.2, 0.25) is 0 Å². The number of carbonyl (C=O) groups excluding carboxylic acids is 1. The van der Waals surface area contributed by atoms with Gasteiger partial charge in [-0.1, -0.05) is 30.3 Å². The first-order valence-corrected chi connectivity index (χ1v) is 9.47. The fourth-order valence-corrected chi connectivity index (χ4v) is 3.74. The van der Waals surface area contributed by atoms with E-state index in [4.69, 9.17) is 4.74 Å². The first-order chi connectivity index (χ1) is 13.2. The van der Waals surface area contributed by atoms with Crippen LogP contribution in [-0.4, -0.2) is 44.1 Å². The van der Waals surface area contributed by atoms with Crippen LogP contribution in [0, 0.1) is 0 Å². The number of hydrogen-bond donors (Lipinski definition) is 1. The number of ether oxygens (including phenoxy) is 1. The smallest absolute Gasteiger partial charge is 0.254 e. The van der Waals surface area contributed by atoms with Crippen LogP contribution in [-0.2, 0) is 6.54 Å². The van der Waals surface area contributed by atoms with E-state index in [0.29, 0.717) is 0 Å². The Balaban J connectivity index is 1.36. The van der Waals surface area contributed by atoms with Gasteiger partial charge in [-0.2, -0.15) is 0 Å².